The predicted molar refractivity (Wildman–Crippen MR) is 71.9 cm³/mol. The van der Waals surface area contributed by atoms with Gasteiger partial charge in [0.15, 0.2) is 0 Å². The molecule has 0 saturated heterocycles. The summed E-state index contributed by atoms with van der Waals surface area (Å²) in [5, 5.41) is 0. The number of halogens is 2. The Morgan fingerprint density at radius 1 is 1.00 bits per heavy atom. The van der Waals surface area contributed by atoms with Crippen molar-refractivity contribution < 1.29 is 8.78 Å². The molecule has 0 N–H and O–H groups in total. The van der Waals surface area contributed by atoms with Gasteiger partial charge in [-0.3, -0.25) is 0 Å². The highest BCUT2D eigenvalue weighted by molar-refractivity contribution is 4.89. The van der Waals surface area contributed by atoms with Gasteiger partial charge in [0, 0.05) is 0 Å². The van der Waals surface area contributed by atoms with Gasteiger partial charge < -0.3 is 0 Å². The lowest BCUT2D eigenvalue weighted by Crippen LogP contribution is -2.38. The van der Waals surface area contributed by atoms with E-state index in [1.54, 1.807) is 0 Å². The first-order chi connectivity index (χ1) is 8.61. The molecule has 0 aromatic carbocycles. The topological polar surface area (TPSA) is 0 Å². The van der Waals surface area contributed by atoms with Gasteiger partial charge in [-0.05, 0) is 68.6 Å². The molecule has 0 amide bonds. The smallest absolute Gasteiger partial charge is 0.134 e. The van der Waals surface area contributed by atoms with Crippen LogP contribution in [-0.4, -0.2) is 12.3 Å². The van der Waals surface area contributed by atoms with Crippen molar-refractivity contribution in [2.45, 2.75) is 64.2 Å². The highest BCUT2D eigenvalue weighted by Gasteiger charge is 2.39. The molecule has 2 heteroatoms. The zero-order chi connectivity index (χ0) is 13.1. The van der Waals surface area contributed by atoms with E-state index in [0.717, 1.165) is 19.3 Å². The molecular formula is C16H26F2. The maximum absolute atomic E-state index is 14.0. The van der Waals surface area contributed by atoms with Crippen molar-refractivity contribution in [2.75, 3.05) is 0 Å². The molecule has 0 aromatic heterocycles. The lowest BCUT2D eigenvalue weighted by molar-refractivity contribution is 0.0168. The maximum atomic E-state index is 14.0. The van der Waals surface area contributed by atoms with E-state index in [9.17, 15) is 8.78 Å². The minimum absolute atomic E-state index is 0.0264. The Balaban J connectivity index is 1.81. The zero-order valence-corrected chi connectivity index (χ0v) is 11.5. The van der Waals surface area contributed by atoms with Crippen LogP contribution >= 0.6 is 0 Å². The van der Waals surface area contributed by atoms with E-state index >= 15 is 0 Å². The highest BCUT2D eigenvalue weighted by atomic mass is 19.2. The summed E-state index contributed by atoms with van der Waals surface area (Å²) >= 11 is 0. The second-order valence-corrected chi connectivity index (χ2v) is 6.46. The number of hydrogen-bond acceptors (Lipinski definition) is 0. The Morgan fingerprint density at radius 2 is 1.67 bits per heavy atom. The molecule has 2 fully saturated rings. The predicted octanol–water partition coefficient (Wildman–Crippen LogP) is 5.09. The van der Waals surface area contributed by atoms with Gasteiger partial charge in [-0.25, -0.2) is 8.78 Å². The van der Waals surface area contributed by atoms with Crippen LogP contribution in [0.25, 0.3) is 0 Å². The maximum Gasteiger partial charge on any atom is 0.134 e. The van der Waals surface area contributed by atoms with Crippen molar-refractivity contribution >= 4 is 0 Å². The molecule has 0 aliphatic heterocycles. The summed E-state index contributed by atoms with van der Waals surface area (Å²) in [4.78, 5) is 0. The van der Waals surface area contributed by atoms with Crippen molar-refractivity contribution in [1.82, 2.24) is 0 Å². The van der Waals surface area contributed by atoms with Gasteiger partial charge in [-0.2, -0.15) is 0 Å². The van der Waals surface area contributed by atoms with Crippen molar-refractivity contribution in [3.8, 4) is 0 Å². The van der Waals surface area contributed by atoms with Crippen molar-refractivity contribution in [1.29, 1.82) is 0 Å². The summed E-state index contributed by atoms with van der Waals surface area (Å²) in [5.41, 5.74) is 0. The monoisotopic (exact) mass is 256 g/mol. The van der Waals surface area contributed by atoms with Gasteiger partial charge in [0.25, 0.3) is 0 Å². The summed E-state index contributed by atoms with van der Waals surface area (Å²) < 4.78 is 27.7. The third-order valence-electron chi connectivity index (χ3n) is 5.15. The van der Waals surface area contributed by atoms with Crippen LogP contribution in [0.3, 0.4) is 0 Å². The zero-order valence-electron chi connectivity index (χ0n) is 11.5. The fraction of sp³-hybridized carbons (Fsp3) is 0.875. The van der Waals surface area contributed by atoms with E-state index in [2.05, 4.69) is 6.58 Å². The number of hydrogen-bond donors (Lipinski definition) is 0. The van der Waals surface area contributed by atoms with Crippen LogP contribution in [-0.2, 0) is 0 Å². The molecule has 0 nitrogen and oxygen atoms in total. The van der Waals surface area contributed by atoms with Crippen LogP contribution < -0.4 is 0 Å². The summed E-state index contributed by atoms with van der Waals surface area (Å²) in [5.74, 6) is 1.15. The number of rotatable bonds is 3. The molecule has 0 bridgehead atoms. The second-order valence-electron chi connectivity index (χ2n) is 6.46. The first-order valence-corrected chi connectivity index (χ1v) is 7.52. The molecule has 2 aliphatic carbocycles. The Labute approximate surface area is 110 Å². The molecule has 18 heavy (non-hydrogen) atoms. The van der Waals surface area contributed by atoms with Crippen LogP contribution in [0, 0.1) is 23.7 Å². The van der Waals surface area contributed by atoms with E-state index in [-0.39, 0.29) is 11.8 Å². The fourth-order valence-corrected chi connectivity index (χ4v) is 3.70. The van der Waals surface area contributed by atoms with Gasteiger partial charge in [0.05, 0.1) is 0 Å². The average molecular weight is 256 g/mol. The summed E-state index contributed by atoms with van der Waals surface area (Å²) in [6, 6.07) is 0. The molecule has 2 rings (SSSR count). The van der Waals surface area contributed by atoms with E-state index in [1.165, 1.54) is 25.7 Å². The van der Waals surface area contributed by atoms with E-state index in [1.807, 2.05) is 13.0 Å². The summed E-state index contributed by atoms with van der Waals surface area (Å²) in [6.45, 7) is 5.68. The van der Waals surface area contributed by atoms with Crippen LogP contribution in [0.15, 0.2) is 12.7 Å². The Bertz CT molecular complexity index is 268. The molecule has 104 valence electrons. The van der Waals surface area contributed by atoms with E-state index < -0.39 is 12.3 Å². The lowest BCUT2D eigenvalue weighted by Gasteiger charge is -2.36. The highest BCUT2D eigenvalue weighted by Crippen LogP contribution is 2.40. The Kier molecular flexibility index (Phi) is 4.80. The van der Waals surface area contributed by atoms with Crippen LogP contribution in [0.4, 0.5) is 8.78 Å². The van der Waals surface area contributed by atoms with Crippen LogP contribution in [0.5, 0.6) is 0 Å². The SMILES string of the molecule is C=CC1CCC(CC2CCC(C)C(F)C2F)CC1. The van der Waals surface area contributed by atoms with Crippen LogP contribution in [0.2, 0.25) is 0 Å². The van der Waals surface area contributed by atoms with Gasteiger partial charge in [-0.15, -0.1) is 6.58 Å². The minimum Gasteiger partial charge on any atom is -0.244 e. The number of alkyl halides is 2. The average Bonchev–Trinajstić information content (AvgIpc) is 2.40. The Hall–Kier alpha value is -0.400. The van der Waals surface area contributed by atoms with Gasteiger partial charge in [-0.1, -0.05) is 13.0 Å². The normalized spacial score (nSPS) is 45.7. The van der Waals surface area contributed by atoms with Gasteiger partial charge in [0.1, 0.15) is 12.3 Å². The standard InChI is InChI=1S/C16H26F2/c1-3-12-5-7-13(8-6-12)10-14-9-4-11(2)15(17)16(14)18/h3,11-16H,1,4-10H2,2H3. The molecule has 4 unspecified atom stereocenters. The molecule has 0 spiro atoms. The fourth-order valence-electron chi connectivity index (χ4n) is 3.70. The largest absolute Gasteiger partial charge is 0.244 e. The van der Waals surface area contributed by atoms with Crippen LogP contribution in [0.1, 0.15) is 51.9 Å². The first-order valence-electron chi connectivity index (χ1n) is 7.52. The molecule has 0 radical (unpaired) electrons. The third-order valence-corrected chi connectivity index (χ3v) is 5.15. The molecule has 4 atom stereocenters. The molecule has 2 aliphatic rings. The third kappa shape index (κ3) is 3.13. The minimum atomic E-state index is -1.23. The molecule has 0 aromatic rings. The van der Waals surface area contributed by atoms with E-state index in [0.29, 0.717) is 11.8 Å². The van der Waals surface area contributed by atoms with E-state index in [4.69, 9.17) is 0 Å². The van der Waals surface area contributed by atoms with Gasteiger partial charge in [0.2, 0.25) is 0 Å². The quantitative estimate of drug-likeness (QED) is 0.617. The summed E-state index contributed by atoms with van der Waals surface area (Å²) in [7, 11) is 0. The summed E-state index contributed by atoms with van der Waals surface area (Å²) in [6.07, 6.45) is 6.96. The molecule has 2 saturated carbocycles. The Morgan fingerprint density at radius 3 is 2.28 bits per heavy atom. The lowest BCUT2D eigenvalue weighted by atomic mass is 9.72. The van der Waals surface area contributed by atoms with Gasteiger partial charge >= 0.3 is 0 Å². The van der Waals surface area contributed by atoms with Crippen molar-refractivity contribution in [3.05, 3.63) is 12.7 Å². The second kappa shape index (κ2) is 6.16. The first kappa shape index (κ1) is 14.0. The number of allylic oxidation sites excluding steroid dienone is 1. The van der Waals surface area contributed by atoms with Crippen molar-refractivity contribution in [2.24, 2.45) is 23.7 Å². The molecule has 0 heterocycles. The van der Waals surface area contributed by atoms with Crippen molar-refractivity contribution in [3.63, 3.8) is 0 Å². The molecular weight excluding hydrogens is 230 g/mol.